The van der Waals surface area contributed by atoms with E-state index in [0.29, 0.717) is 38.8 Å². The van der Waals surface area contributed by atoms with Gasteiger partial charge in [0.2, 0.25) is 29.5 Å². The number of carboxylic acid groups (broad SMARTS) is 2. The van der Waals surface area contributed by atoms with Crippen molar-refractivity contribution in [3.8, 4) is 0 Å². The molecule has 0 aromatic carbocycles. The molecule has 0 spiro atoms. The molecule has 0 radical (unpaired) electrons. The number of hydrogen-bond donors (Lipinski definition) is 8. The Morgan fingerprint density at radius 2 is 0.918 bits per heavy atom. The van der Waals surface area contributed by atoms with E-state index in [9.17, 15) is 43.5 Å². The van der Waals surface area contributed by atoms with Gasteiger partial charge in [0.05, 0.1) is 45.7 Å². The van der Waals surface area contributed by atoms with Gasteiger partial charge in [0.15, 0.2) is 0 Å². The summed E-state index contributed by atoms with van der Waals surface area (Å²) in [6, 6.07) is -1.34. The molecule has 0 aromatic heterocycles. The predicted octanol–water partition coefficient (Wildman–Crippen LogP) is 5.13. The van der Waals surface area contributed by atoms with E-state index in [1.54, 1.807) is 14.0 Å². The first kappa shape index (κ1) is 66.8. The van der Waals surface area contributed by atoms with Crippen molar-refractivity contribution >= 4 is 47.3 Å². The second-order valence-electron chi connectivity index (χ2n) is 19.3. The molecular formula is C53H96N6O14. The van der Waals surface area contributed by atoms with Crippen molar-refractivity contribution in [3.63, 3.8) is 0 Å². The monoisotopic (exact) mass is 1040 g/mol. The molecular weight excluding hydrogens is 945 g/mol. The van der Waals surface area contributed by atoms with Gasteiger partial charge in [-0.2, -0.15) is 0 Å². The number of ketones is 1. The Kier molecular flexibility index (Phi) is 42.4. The lowest BCUT2D eigenvalue weighted by Gasteiger charge is -2.28. The molecule has 0 aliphatic heterocycles. The molecule has 20 heteroatoms. The lowest BCUT2D eigenvalue weighted by Crippen LogP contribution is -2.45. The molecule has 8 N–H and O–H groups in total. The van der Waals surface area contributed by atoms with Crippen LogP contribution in [0.4, 0.5) is 0 Å². The summed E-state index contributed by atoms with van der Waals surface area (Å²) < 4.78 is 21.4. The third kappa shape index (κ3) is 40.8. The Morgan fingerprint density at radius 1 is 0.466 bits per heavy atom. The summed E-state index contributed by atoms with van der Waals surface area (Å²) in [5.41, 5.74) is 0. The van der Waals surface area contributed by atoms with Crippen LogP contribution in [0.5, 0.6) is 0 Å². The van der Waals surface area contributed by atoms with Crippen LogP contribution in [0.1, 0.15) is 180 Å². The van der Waals surface area contributed by atoms with Gasteiger partial charge in [-0.3, -0.25) is 33.6 Å². The van der Waals surface area contributed by atoms with Crippen molar-refractivity contribution in [2.24, 2.45) is 11.8 Å². The number of hydrogen-bond acceptors (Lipinski definition) is 13. The number of rotatable bonds is 50. The average Bonchev–Trinajstić information content (AvgIpc) is 3.36. The number of carbonyl (C=O) groups excluding carboxylic acids is 6. The van der Waals surface area contributed by atoms with Crippen molar-refractivity contribution in [1.82, 2.24) is 31.9 Å². The van der Waals surface area contributed by atoms with E-state index >= 15 is 0 Å². The summed E-state index contributed by atoms with van der Waals surface area (Å²) in [5.74, 6) is -3.00. The molecule has 1 aliphatic rings. The molecule has 5 amide bonds. The van der Waals surface area contributed by atoms with Crippen molar-refractivity contribution < 1.29 is 67.5 Å². The molecule has 422 valence electrons. The van der Waals surface area contributed by atoms with E-state index in [0.717, 1.165) is 70.6 Å². The van der Waals surface area contributed by atoms with Crippen molar-refractivity contribution in [1.29, 1.82) is 0 Å². The first-order valence-electron chi connectivity index (χ1n) is 27.6. The van der Waals surface area contributed by atoms with Crippen LogP contribution in [0, 0.1) is 11.8 Å². The number of amides is 5. The van der Waals surface area contributed by atoms with Gasteiger partial charge in [-0.1, -0.05) is 89.9 Å². The van der Waals surface area contributed by atoms with E-state index in [1.165, 1.54) is 64.2 Å². The standard InChI is InChI=1S/C53H96N6O14/c1-42(60)45(54-2)21-19-20-30-55-49(63)40-72-37-36-71-34-32-57-50(64)41-73-38-35-70-33-31-56-48(62)29-28-46(53(68)69)59-52(67)44-26-24-43(25-27-44)39-58-47(61)22-17-15-13-11-9-7-5-3-4-6-8-10-12-14-16-18-23-51(65)66/h43-46,54H,3-41H2,1-2H3,(H,55,63)(H,56,62)(H,57,64)(H,58,61)(H,59,67)(H,65,66)(H,68,69)/t43-,44-,45-,46-/m0/s1. The Labute approximate surface area is 435 Å². The summed E-state index contributed by atoms with van der Waals surface area (Å²) in [6.07, 6.45) is 24.5. The van der Waals surface area contributed by atoms with Gasteiger partial charge in [-0.05, 0) is 84.1 Å². The summed E-state index contributed by atoms with van der Waals surface area (Å²) in [7, 11) is 1.75. The lowest BCUT2D eigenvalue weighted by molar-refractivity contribution is -0.143. The van der Waals surface area contributed by atoms with Crippen LogP contribution >= 0.6 is 0 Å². The third-order valence-electron chi connectivity index (χ3n) is 13.1. The quantitative estimate of drug-likeness (QED) is 0.0367. The Hall–Kier alpha value is -4.24. The van der Waals surface area contributed by atoms with E-state index in [2.05, 4.69) is 31.9 Å². The number of nitrogens with one attached hydrogen (secondary N) is 6. The molecule has 20 nitrogen and oxygen atoms in total. The number of ether oxygens (including phenoxy) is 4. The van der Waals surface area contributed by atoms with Crippen molar-refractivity contribution in [2.45, 2.75) is 192 Å². The molecule has 0 bridgehead atoms. The SMILES string of the molecule is CN[C@@H](CCCCNC(=O)COCCOCCNC(=O)COCCOCCNC(=O)CC[C@H](NC(=O)[C@H]1CC[C@H](CNC(=O)CCCCCCCCCCCCCCCCCCC(=O)O)CC1)C(=O)O)C(C)=O. The molecule has 1 fully saturated rings. The zero-order chi connectivity index (χ0) is 53.6. The molecule has 0 unspecified atom stereocenters. The highest BCUT2D eigenvalue weighted by Crippen LogP contribution is 2.29. The minimum atomic E-state index is -1.20. The first-order chi connectivity index (χ1) is 35.3. The number of unbranched alkanes of at least 4 members (excludes halogenated alkanes) is 16. The van der Waals surface area contributed by atoms with Crippen LogP contribution in [0.15, 0.2) is 0 Å². The molecule has 1 aliphatic carbocycles. The number of likely N-dealkylation sites (N-methyl/N-ethyl adjacent to an activating group) is 1. The van der Waals surface area contributed by atoms with Crippen molar-refractivity contribution in [2.75, 3.05) is 86.1 Å². The minimum absolute atomic E-state index is 0.0556. The van der Waals surface area contributed by atoms with Gasteiger partial charge in [-0.25, -0.2) is 4.79 Å². The number of Topliss-reactive ketones (excluding diaryl/α,β-unsaturated/α-hetero) is 1. The minimum Gasteiger partial charge on any atom is -0.481 e. The number of carbonyl (C=O) groups is 8. The fraction of sp³-hybridized carbons (Fsp3) is 0.849. The molecule has 2 atom stereocenters. The van der Waals surface area contributed by atoms with Crippen LogP contribution in [-0.2, 0) is 57.3 Å². The molecule has 73 heavy (non-hydrogen) atoms. The van der Waals surface area contributed by atoms with E-state index < -0.39 is 18.0 Å². The highest BCUT2D eigenvalue weighted by molar-refractivity contribution is 5.86. The van der Waals surface area contributed by atoms with Gasteiger partial charge >= 0.3 is 11.9 Å². The summed E-state index contributed by atoms with van der Waals surface area (Å²) in [4.78, 5) is 95.5. The Morgan fingerprint density at radius 3 is 1.40 bits per heavy atom. The van der Waals surface area contributed by atoms with Gasteiger partial charge < -0.3 is 61.1 Å². The fourth-order valence-electron chi connectivity index (χ4n) is 8.57. The fourth-order valence-corrected chi connectivity index (χ4v) is 8.57. The zero-order valence-electron chi connectivity index (χ0n) is 44.7. The van der Waals surface area contributed by atoms with Crippen LogP contribution in [0.2, 0.25) is 0 Å². The van der Waals surface area contributed by atoms with Crippen LogP contribution < -0.4 is 31.9 Å². The van der Waals surface area contributed by atoms with Crippen molar-refractivity contribution in [3.05, 3.63) is 0 Å². The average molecular weight is 1040 g/mol. The normalized spacial score (nSPS) is 15.2. The van der Waals surface area contributed by atoms with Gasteiger partial charge in [0, 0.05) is 51.4 Å². The zero-order valence-corrected chi connectivity index (χ0v) is 44.7. The maximum absolute atomic E-state index is 13.0. The number of carboxylic acids is 2. The van der Waals surface area contributed by atoms with Gasteiger partial charge in [-0.15, -0.1) is 0 Å². The Balaban J connectivity index is 1.97. The van der Waals surface area contributed by atoms with E-state index in [4.69, 9.17) is 24.1 Å². The molecule has 1 rings (SSSR count). The second-order valence-corrected chi connectivity index (χ2v) is 19.3. The largest absolute Gasteiger partial charge is 0.481 e. The topological polar surface area (TPSA) is 286 Å². The summed E-state index contributed by atoms with van der Waals surface area (Å²) in [5, 5.41) is 35.2. The second kappa shape index (κ2) is 46.3. The molecule has 0 heterocycles. The third-order valence-corrected chi connectivity index (χ3v) is 13.1. The molecule has 0 saturated heterocycles. The highest BCUT2D eigenvalue weighted by atomic mass is 16.5. The maximum atomic E-state index is 13.0. The maximum Gasteiger partial charge on any atom is 0.326 e. The van der Waals surface area contributed by atoms with Crippen LogP contribution in [-0.4, -0.2) is 156 Å². The Bertz CT molecular complexity index is 1510. The molecule has 0 aromatic rings. The van der Waals surface area contributed by atoms with E-state index in [1.807, 2.05) is 0 Å². The summed E-state index contributed by atoms with van der Waals surface area (Å²) in [6.45, 7) is 4.15. The first-order valence-corrected chi connectivity index (χ1v) is 27.6. The predicted molar refractivity (Wildman–Crippen MR) is 278 cm³/mol. The smallest absolute Gasteiger partial charge is 0.326 e. The number of aliphatic carboxylic acids is 2. The molecule has 1 saturated carbocycles. The van der Waals surface area contributed by atoms with Crippen LogP contribution in [0.25, 0.3) is 0 Å². The van der Waals surface area contributed by atoms with Crippen LogP contribution in [0.3, 0.4) is 0 Å². The van der Waals surface area contributed by atoms with Gasteiger partial charge in [0.25, 0.3) is 0 Å². The summed E-state index contributed by atoms with van der Waals surface area (Å²) >= 11 is 0. The lowest BCUT2D eigenvalue weighted by atomic mass is 9.81. The highest BCUT2D eigenvalue weighted by Gasteiger charge is 2.30. The van der Waals surface area contributed by atoms with Gasteiger partial charge in [0.1, 0.15) is 25.0 Å². The van der Waals surface area contributed by atoms with E-state index in [-0.39, 0.29) is 132 Å².